The lowest BCUT2D eigenvalue weighted by Crippen LogP contribution is -2.26. The summed E-state index contributed by atoms with van der Waals surface area (Å²) in [6, 6.07) is 0. The van der Waals surface area contributed by atoms with Gasteiger partial charge in [-0.1, -0.05) is 20.8 Å². The van der Waals surface area contributed by atoms with Crippen LogP contribution in [-0.2, 0) is 16.6 Å². The molecule has 0 saturated carbocycles. The van der Waals surface area contributed by atoms with Gasteiger partial charge in [0, 0.05) is 18.6 Å². The van der Waals surface area contributed by atoms with Crippen molar-refractivity contribution >= 4 is 5.91 Å². The van der Waals surface area contributed by atoms with E-state index < -0.39 is 0 Å². The zero-order valence-corrected chi connectivity index (χ0v) is 11.5. The molecule has 5 nitrogen and oxygen atoms in total. The predicted molar refractivity (Wildman–Crippen MR) is 68.4 cm³/mol. The molecule has 0 aromatic carbocycles. The molecule has 1 aromatic heterocycles. The fraction of sp³-hybridized carbons (Fsp3) is 0.692. The molecule has 0 fully saturated rings. The lowest BCUT2D eigenvalue weighted by atomic mass is 9.97. The summed E-state index contributed by atoms with van der Waals surface area (Å²) in [5.74, 6) is 1.16. The Bertz CT molecular complexity index is 405. The molecule has 1 amide bonds. The highest BCUT2D eigenvalue weighted by atomic mass is 16.4. The molecule has 1 aromatic rings. The molecular weight excluding hydrogens is 232 g/mol. The van der Waals surface area contributed by atoms with Crippen LogP contribution in [0.15, 0.2) is 4.42 Å². The fourth-order valence-electron chi connectivity index (χ4n) is 1.43. The molecule has 5 heteroatoms. The number of hydrogen-bond donors (Lipinski definition) is 2. The SMILES string of the molecule is Cc1nc(C(C)(C)C)oc1CC(=O)NCCCO. The normalized spacial score (nSPS) is 11.6. The number of oxazole rings is 1. The van der Waals surface area contributed by atoms with E-state index in [2.05, 4.69) is 10.3 Å². The Balaban J connectivity index is 2.62. The summed E-state index contributed by atoms with van der Waals surface area (Å²) in [5, 5.41) is 11.3. The van der Waals surface area contributed by atoms with Crippen molar-refractivity contribution in [2.24, 2.45) is 0 Å². The quantitative estimate of drug-likeness (QED) is 0.777. The van der Waals surface area contributed by atoms with Crippen LogP contribution in [0.5, 0.6) is 0 Å². The third kappa shape index (κ3) is 4.14. The number of carbonyl (C=O) groups excluding carboxylic acids is 1. The Morgan fingerprint density at radius 1 is 1.44 bits per heavy atom. The van der Waals surface area contributed by atoms with E-state index >= 15 is 0 Å². The average Bonchev–Trinajstić information content (AvgIpc) is 2.60. The van der Waals surface area contributed by atoms with Crippen molar-refractivity contribution in [3.8, 4) is 0 Å². The zero-order valence-electron chi connectivity index (χ0n) is 11.5. The second-order valence-electron chi connectivity index (χ2n) is 5.38. The van der Waals surface area contributed by atoms with E-state index in [-0.39, 0.29) is 24.3 Å². The number of nitrogens with one attached hydrogen (secondary N) is 1. The molecule has 0 aliphatic carbocycles. The fourth-order valence-corrected chi connectivity index (χ4v) is 1.43. The molecular formula is C13H22N2O3. The van der Waals surface area contributed by atoms with Gasteiger partial charge in [0.25, 0.3) is 0 Å². The standard InChI is InChI=1S/C13H22N2O3/c1-9-10(8-11(17)14-6-5-7-16)18-12(15-9)13(2,3)4/h16H,5-8H2,1-4H3,(H,14,17). The van der Waals surface area contributed by atoms with Crippen molar-refractivity contribution in [3.05, 3.63) is 17.3 Å². The van der Waals surface area contributed by atoms with Crippen LogP contribution < -0.4 is 5.32 Å². The summed E-state index contributed by atoms with van der Waals surface area (Å²) in [7, 11) is 0. The van der Waals surface area contributed by atoms with Gasteiger partial charge >= 0.3 is 0 Å². The molecule has 2 N–H and O–H groups in total. The highest BCUT2D eigenvalue weighted by Crippen LogP contribution is 2.23. The van der Waals surface area contributed by atoms with E-state index in [4.69, 9.17) is 9.52 Å². The van der Waals surface area contributed by atoms with Crippen LogP contribution in [0.4, 0.5) is 0 Å². The minimum atomic E-state index is -0.156. The number of aromatic nitrogens is 1. The maximum atomic E-state index is 11.6. The van der Waals surface area contributed by atoms with Crippen molar-refractivity contribution in [1.29, 1.82) is 0 Å². The molecule has 0 spiro atoms. The van der Waals surface area contributed by atoms with Crippen LogP contribution in [0, 0.1) is 6.92 Å². The third-order valence-electron chi connectivity index (χ3n) is 2.51. The van der Waals surface area contributed by atoms with E-state index in [1.165, 1.54) is 0 Å². The van der Waals surface area contributed by atoms with E-state index in [1.807, 2.05) is 27.7 Å². The Labute approximate surface area is 108 Å². The summed E-state index contributed by atoms with van der Waals surface area (Å²) in [4.78, 5) is 16.0. The second kappa shape index (κ2) is 6.00. The lowest BCUT2D eigenvalue weighted by molar-refractivity contribution is -0.120. The van der Waals surface area contributed by atoms with Gasteiger partial charge in [-0.05, 0) is 13.3 Å². The van der Waals surface area contributed by atoms with Crippen molar-refractivity contribution < 1.29 is 14.3 Å². The van der Waals surface area contributed by atoms with Gasteiger partial charge in [-0.2, -0.15) is 0 Å². The lowest BCUT2D eigenvalue weighted by Gasteiger charge is -2.12. The van der Waals surface area contributed by atoms with Crippen molar-refractivity contribution in [2.45, 2.75) is 46.0 Å². The van der Waals surface area contributed by atoms with Crippen LogP contribution in [0.1, 0.15) is 44.5 Å². The predicted octanol–water partition coefficient (Wildman–Crippen LogP) is 1.32. The van der Waals surface area contributed by atoms with Gasteiger partial charge in [-0.15, -0.1) is 0 Å². The smallest absolute Gasteiger partial charge is 0.227 e. The van der Waals surface area contributed by atoms with Gasteiger partial charge in [0.05, 0.1) is 12.1 Å². The van der Waals surface area contributed by atoms with Crippen LogP contribution in [0.25, 0.3) is 0 Å². The average molecular weight is 254 g/mol. The summed E-state index contributed by atoms with van der Waals surface area (Å²) >= 11 is 0. The van der Waals surface area contributed by atoms with Gasteiger partial charge in [-0.3, -0.25) is 4.79 Å². The monoisotopic (exact) mass is 254 g/mol. The first kappa shape index (κ1) is 14.7. The van der Waals surface area contributed by atoms with Gasteiger partial charge < -0.3 is 14.8 Å². The topological polar surface area (TPSA) is 75.4 Å². The summed E-state index contributed by atoms with van der Waals surface area (Å²) in [6.07, 6.45) is 0.759. The molecule has 102 valence electrons. The number of hydrogen-bond acceptors (Lipinski definition) is 4. The summed E-state index contributed by atoms with van der Waals surface area (Å²) in [6.45, 7) is 8.45. The molecule has 0 atom stereocenters. The zero-order chi connectivity index (χ0) is 13.8. The minimum Gasteiger partial charge on any atom is -0.444 e. The largest absolute Gasteiger partial charge is 0.444 e. The Morgan fingerprint density at radius 2 is 2.11 bits per heavy atom. The second-order valence-corrected chi connectivity index (χ2v) is 5.38. The number of amides is 1. The van der Waals surface area contributed by atoms with Crippen LogP contribution in [-0.4, -0.2) is 29.1 Å². The molecule has 0 aliphatic rings. The molecule has 0 aliphatic heterocycles. The van der Waals surface area contributed by atoms with Gasteiger partial charge in [0.2, 0.25) is 5.91 Å². The van der Waals surface area contributed by atoms with Gasteiger partial charge in [0.15, 0.2) is 5.89 Å². The Hall–Kier alpha value is -1.36. The number of nitrogens with zero attached hydrogens (tertiary/aromatic N) is 1. The van der Waals surface area contributed by atoms with Crippen molar-refractivity contribution in [1.82, 2.24) is 10.3 Å². The van der Waals surface area contributed by atoms with Crippen molar-refractivity contribution in [3.63, 3.8) is 0 Å². The molecule has 0 saturated heterocycles. The third-order valence-corrected chi connectivity index (χ3v) is 2.51. The minimum absolute atomic E-state index is 0.0792. The van der Waals surface area contributed by atoms with E-state index in [0.29, 0.717) is 24.6 Å². The molecule has 0 unspecified atom stereocenters. The molecule has 1 rings (SSSR count). The molecule has 0 radical (unpaired) electrons. The molecule has 18 heavy (non-hydrogen) atoms. The highest BCUT2D eigenvalue weighted by Gasteiger charge is 2.23. The number of aliphatic hydroxyl groups excluding tert-OH is 1. The maximum Gasteiger partial charge on any atom is 0.227 e. The maximum absolute atomic E-state index is 11.6. The van der Waals surface area contributed by atoms with Gasteiger partial charge in [-0.25, -0.2) is 4.98 Å². The summed E-state index contributed by atoms with van der Waals surface area (Å²) < 4.78 is 5.63. The number of aryl methyl sites for hydroxylation is 1. The highest BCUT2D eigenvalue weighted by molar-refractivity contribution is 5.78. The number of carbonyl (C=O) groups is 1. The van der Waals surface area contributed by atoms with Crippen LogP contribution in [0.2, 0.25) is 0 Å². The number of rotatable bonds is 5. The number of aliphatic hydroxyl groups is 1. The summed E-state index contributed by atoms with van der Waals surface area (Å²) in [5.41, 5.74) is 0.605. The first-order chi connectivity index (χ1) is 8.34. The first-order valence-electron chi connectivity index (χ1n) is 6.19. The van der Waals surface area contributed by atoms with E-state index in [9.17, 15) is 4.79 Å². The Kier molecular flexibility index (Phi) is 4.90. The molecule has 0 bridgehead atoms. The van der Waals surface area contributed by atoms with E-state index in [0.717, 1.165) is 5.69 Å². The first-order valence-corrected chi connectivity index (χ1v) is 6.19. The molecule has 1 heterocycles. The van der Waals surface area contributed by atoms with Crippen molar-refractivity contribution in [2.75, 3.05) is 13.2 Å². The van der Waals surface area contributed by atoms with Crippen LogP contribution in [0.3, 0.4) is 0 Å². The Morgan fingerprint density at radius 3 is 2.61 bits per heavy atom. The van der Waals surface area contributed by atoms with Crippen LogP contribution >= 0.6 is 0 Å². The van der Waals surface area contributed by atoms with Gasteiger partial charge in [0.1, 0.15) is 5.76 Å². The van der Waals surface area contributed by atoms with E-state index in [1.54, 1.807) is 0 Å².